The van der Waals surface area contributed by atoms with Gasteiger partial charge in [0.05, 0.1) is 9.82 Å². The molecule has 0 amide bonds. The first kappa shape index (κ1) is 18.1. The Balaban J connectivity index is 2.39. The second-order valence-corrected chi connectivity index (χ2v) is 7.59. The lowest BCUT2D eigenvalue weighted by Crippen LogP contribution is -2.28. The van der Waals surface area contributed by atoms with Crippen molar-refractivity contribution in [2.24, 2.45) is 0 Å². The molecule has 7 heteroatoms. The third-order valence-electron chi connectivity index (χ3n) is 3.91. The van der Waals surface area contributed by atoms with Gasteiger partial charge in [-0.3, -0.25) is 10.1 Å². The van der Waals surface area contributed by atoms with Gasteiger partial charge in [0.1, 0.15) is 0 Å². The molecule has 2 rings (SSSR count). The molecule has 1 atom stereocenters. The molecule has 6 nitrogen and oxygen atoms in total. The highest BCUT2D eigenvalue weighted by atomic mass is 32.2. The van der Waals surface area contributed by atoms with Crippen LogP contribution in [0.5, 0.6) is 0 Å². The average Bonchev–Trinajstić information content (AvgIpc) is 2.49. The molecule has 1 N–H and O–H groups in total. The maximum Gasteiger partial charge on any atom is 0.270 e. The molecular formula is C17H20N2O4S. The topological polar surface area (TPSA) is 89.3 Å². The standard InChI is InChI=1S/C17H20N2O4S/c1-11-5-6-12(2)16(9-11)14(4)18-24(22,23)17-10-15(19(20)21)8-7-13(17)3/h5-10,14,18H,1-4H3. The summed E-state index contributed by atoms with van der Waals surface area (Å²) in [5.41, 5.74) is 3.10. The molecule has 0 radical (unpaired) electrons. The van der Waals surface area contributed by atoms with Crippen molar-refractivity contribution in [3.05, 3.63) is 68.8 Å². The molecule has 2 aromatic rings. The van der Waals surface area contributed by atoms with E-state index in [9.17, 15) is 18.5 Å². The summed E-state index contributed by atoms with van der Waals surface area (Å²) in [6.07, 6.45) is 0. The van der Waals surface area contributed by atoms with Gasteiger partial charge < -0.3 is 0 Å². The predicted octanol–water partition coefficient (Wildman–Crippen LogP) is 3.56. The highest BCUT2D eigenvalue weighted by Gasteiger charge is 2.23. The minimum absolute atomic E-state index is 0.0751. The van der Waals surface area contributed by atoms with E-state index in [0.717, 1.165) is 22.8 Å². The van der Waals surface area contributed by atoms with Crippen LogP contribution in [0.25, 0.3) is 0 Å². The van der Waals surface area contributed by atoms with E-state index < -0.39 is 21.0 Å². The third kappa shape index (κ3) is 3.80. The van der Waals surface area contributed by atoms with Gasteiger partial charge in [-0.15, -0.1) is 0 Å². The number of nitrogens with one attached hydrogen (secondary N) is 1. The fourth-order valence-corrected chi connectivity index (χ4v) is 4.07. The van der Waals surface area contributed by atoms with Gasteiger partial charge in [0, 0.05) is 18.2 Å². The van der Waals surface area contributed by atoms with Gasteiger partial charge in [-0.1, -0.05) is 29.8 Å². The second kappa shape index (κ2) is 6.70. The lowest BCUT2D eigenvalue weighted by molar-refractivity contribution is -0.385. The summed E-state index contributed by atoms with van der Waals surface area (Å²) in [6.45, 7) is 7.22. The van der Waals surface area contributed by atoms with Gasteiger partial charge in [0.2, 0.25) is 10.0 Å². The van der Waals surface area contributed by atoms with Gasteiger partial charge in [0.25, 0.3) is 5.69 Å². The zero-order chi connectivity index (χ0) is 18.1. The maximum absolute atomic E-state index is 12.7. The Morgan fingerprint density at radius 3 is 2.29 bits per heavy atom. The lowest BCUT2D eigenvalue weighted by Gasteiger charge is -2.18. The Morgan fingerprint density at radius 1 is 1.04 bits per heavy atom. The molecule has 0 saturated heterocycles. The van der Waals surface area contributed by atoms with E-state index in [2.05, 4.69) is 4.72 Å². The van der Waals surface area contributed by atoms with Crippen LogP contribution in [0.4, 0.5) is 5.69 Å². The molecule has 0 fully saturated rings. The number of hydrogen-bond acceptors (Lipinski definition) is 4. The van der Waals surface area contributed by atoms with E-state index in [0.29, 0.717) is 5.56 Å². The number of nitro groups is 1. The zero-order valence-corrected chi connectivity index (χ0v) is 14.8. The summed E-state index contributed by atoms with van der Waals surface area (Å²) in [5.74, 6) is 0. The van der Waals surface area contributed by atoms with Crippen LogP contribution in [0.2, 0.25) is 0 Å². The number of non-ortho nitro benzene ring substituents is 1. The summed E-state index contributed by atoms with van der Waals surface area (Å²) in [4.78, 5) is 10.2. The monoisotopic (exact) mass is 348 g/mol. The SMILES string of the molecule is Cc1ccc(C)c(C(C)NS(=O)(=O)c2cc([N+](=O)[O-])ccc2C)c1. The van der Waals surface area contributed by atoms with Crippen LogP contribution in [0, 0.1) is 30.9 Å². The van der Waals surface area contributed by atoms with Gasteiger partial charge in [-0.2, -0.15) is 0 Å². The smallest absolute Gasteiger partial charge is 0.258 e. The van der Waals surface area contributed by atoms with Gasteiger partial charge >= 0.3 is 0 Å². The molecule has 0 saturated carbocycles. The largest absolute Gasteiger partial charge is 0.270 e. The molecule has 0 aliphatic rings. The minimum Gasteiger partial charge on any atom is -0.258 e. The van der Waals surface area contributed by atoms with E-state index in [1.54, 1.807) is 13.8 Å². The van der Waals surface area contributed by atoms with Gasteiger partial charge in [0.15, 0.2) is 0 Å². The first-order valence-corrected chi connectivity index (χ1v) is 8.94. The van der Waals surface area contributed by atoms with E-state index in [4.69, 9.17) is 0 Å². The van der Waals surface area contributed by atoms with Crippen LogP contribution in [-0.4, -0.2) is 13.3 Å². The Morgan fingerprint density at radius 2 is 1.67 bits per heavy atom. The van der Waals surface area contributed by atoms with E-state index in [1.807, 2.05) is 32.0 Å². The molecule has 2 aromatic carbocycles. The molecule has 24 heavy (non-hydrogen) atoms. The normalized spacial score (nSPS) is 12.8. The molecule has 0 aromatic heterocycles. The fourth-order valence-electron chi connectivity index (χ4n) is 2.58. The van der Waals surface area contributed by atoms with Crippen molar-refractivity contribution >= 4 is 15.7 Å². The molecule has 0 spiro atoms. The first-order valence-electron chi connectivity index (χ1n) is 7.46. The lowest BCUT2D eigenvalue weighted by atomic mass is 10.0. The van der Waals surface area contributed by atoms with Crippen LogP contribution in [0.3, 0.4) is 0 Å². The number of aryl methyl sites for hydroxylation is 3. The molecular weight excluding hydrogens is 328 g/mol. The van der Waals surface area contributed by atoms with Gasteiger partial charge in [-0.25, -0.2) is 13.1 Å². The third-order valence-corrected chi connectivity index (χ3v) is 5.59. The number of nitro benzene ring substituents is 1. The van der Waals surface area contributed by atoms with Crippen LogP contribution in [0.1, 0.15) is 35.2 Å². The fraction of sp³-hybridized carbons (Fsp3) is 0.294. The Labute approximate surface area is 141 Å². The van der Waals surface area contributed by atoms with E-state index in [1.165, 1.54) is 12.1 Å². The number of rotatable bonds is 5. The summed E-state index contributed by atoms with van der Waals surface area (Å²) >= 11 is 0. The molecule has 0 aliphatic heterocycles. The number of sulfonamides is 1. The average molecular weight is 348 g/mol. The van der Waals surface area contributed by atoms with Crippen molar-refractivity contribution in [2.45, 2.75) is 38.6 Å². The Bertz CT molecular complexity index is 891. The van der Waals surface area contributed by atoms with Crippen molar-refractivity contribution in [1.29, 1.82) is 0 Å². The first-order chi connectivity index (χ1) is 11.1. The van der Waals surface area contributed by atoms with Crippen LogP contribution < -0.4 is 4.72 Å². The number of nitrogens with zero attached hydrogens (tertiary/aromatic N) is 1. The second-order valence-electron chi connectivity index (χ2n) is 5.91. The zero-order valence-electron chi connectivity index (χ0n) is 14.0. The summed E-state index contributed by atoms with van der Waals surface area (Å²) in [5, 5.41) is 10.9. The van der Waals surface area contributed by atoms with Crippen LogP contribution in [-0.2, 0) is 10.0 Å². The molecule has 1 unspecified atom stereocenters. The van der Waals surface area contributed by atoms with Crippen molar-refractivity contribution < 1.29 is 13.3 Å². The highest BCUT2D eigenvalue weighted by molar-refractivity contribution is 7.89. The minimum atomic E-state index is -3.88. The molecule has 128 valence electrons. The maximum atomic E-state index is 12.7. The van der Waals surface area contributed by atoms with Crippen molar-refractivity contribution in [1.82, 2.24) is 4.72 Å². The Kier molecular flexibility index (Phi) is 5.05. The van der Waals surface area contributed by atoms with E-state index in [-0.39, 0.29) is 10.6 Å². The summed E-state index contributed by atoms with van der Waals surface area (Å²) in [7, 11) is -3.88. The molecule has 0 aliphatic carbocycles. The van der Waals surface area contributed by atoms with Crippen molar-refractivity contribution in [3.8, 4) is 0 Å². The highest BCUT2D eigenvalue weighted by Crippen LogP contribution is 2.25. The molecule has 0 bridgehead atoms. The molecule has 0 heterocycles. The van der Waals surface area contributed by atoms with Crippen LogP contribution in [0.15, 0.2) is 41.3 Å². The Hall–Kier alpha value is -2.25. The van der Waals surface area contributed by atoms with Crippen molar-refractivity contribution in [2.75, 3.05) is 0 Å². The number of hydrogen-bond donors (Lipinski definition) is 1. The van der Waals surface area contributed by atoms with Crippen LogP contribution >= 0.6 is 0 Å². The quantitative estimate of drug-likeness (QED) is 0.661. The predicted molar refractivity (Wildman–Crippen MR) is 92.5 cm³/mol. The van der Waals surface area contributed by atoms with Crippen molar-refractivity contribution in [3.63, 3.8) is 0 Å². The summed E-state index contributed by atoms with van der Waals surface area (Å²) < 4.78 is 28.0. The number of benzene rings is 2. The van der Waals surface area contributed by atoms with E-state index >= 15 is 0 Å². The summed E-state index contributed by atoms with van der Waals surface area (Å²) in [6, 6.07) is 9.21. The van der Waals surface area contributed by atoms with Gasteiger partial charge in [-0.05, 0) is 44.4 Å².